The third kappa shape index (κ3) is 2.65. The Hall–Kier alpha value is -1.53. The number of nitriles is 1. The van der Waals surface area contributed by atoms with E-state index in [4.69, 9.17) is 5.26 Å². The number of hydrogen-bond acceptors (Lipinski definition) is 3. The van der Waals surface area contributed by atoms with Gasteiger partial charge in [-0.2, -0.15) is 5.26 Å². The van der Waals surface area contributed by atoms with Gasteiger partial charge in [-0.1, -0.05) is 6.07 Å². The zero-order valence-electron chi connectivity index (χ0n) is 10.6. The molecule has 18 heavy (non-hydrogen) atoms. The lowest BCUT2D eigenvalue weighted by Crippen LogP contribution is -2.24. The maximum Gasteiger partial charge on any atom is 0.0992 e. The van der Waals surface area contributed by atoms with Crippen molar-refractivity contribution in [1.29, 1.82) is 5.26 Å². The summed E-state index contributed by atoms with van der Waals surface area (Å²) in [6, 6.07) is 10.8. The molecule has 1 saturated carbocycles. The summed E-state index contributed by atoms with van der Waals surface area (Å²) in [7, 11) is 0. The number of rotatable bonds is 4. The van der Waals surface area contributed by atoms with Crippen LogP contribution in [-0.4, -0.2) is 30.6 Å². The minimum Gasteiger partial charge on any atom is -0.385 e. The molecule has 1 aromatic carbocycles. The Morgan fingerprint density at radius 1 is 1.33 bits per heavy atom. The molecule has 3 rings (SSSR count). The molecule has 1 saturated heterocycles. The molecule has 1 aromatic rings. The van der Waals surface area contributed by atoms with Crippen molar-refractivity contribution < 1.29 is 0 Å². The van der Waals surface area contributed by atoms with Crippen molar-refractivity contribution in [3.63, 3.8) is 0 Å². The standard InChI is InChI=1S/C15H19N3/c16-9-12-2-1-3-14(8-12)17-10-13-6-7-18(11-13)15-4-5-15/h1-3,8,13,15,17H,4-7,10-11H2. The fourth-order valence-electron chi connectivity index (χ4n) is 2.76. The summed E-state index contributed by atoms with van der Waals surface area (Å²) in [6.45, 7) is 3.54. The second-order valence-corrected chi connectivity index (χ2v) is 5.45. The van der Waals surface area contributed by atoms with Gasteiger partial charge in [0.05, 0.1) is 11.6 Å². The Labute approximate surface area is 108 Å². The van der Waals surface area contributed by atoms with Crippen LogP contribution >= 0.6 is 0 Å². The second-order valence-electron chi connectivity index (χ2n) is 5.45. The normalized spacial score (nSPS) is 23.8. The highest BCUT2D eigenvalue weighted by Crippen LogP contribution is 2.31. The van der Waals surface area contributed by atoms with Crippen molar-refractivity contribution >= 4 is 5.69 Å². The van der Waals surface area contributed by atoms with E-state index in [0.717, 1.165) is 29.8 Å². The molecule has 2 fully saturated rings. The molecule has 0 spiro atoms. The summed E-state index contributed by atoms with van der Waals surface area (Å²) in [5.41, 5.74) is 1.80. The lowest BCUT2D eigenvalue weighted by molar-refractivity contribution is 0.316. The summed E-state index contributed by atoms with van der Waals surface area (Å²) in [6.07, 6.45) is 4.12. The highest BCUT2D eigenvalue weighted by atomic mass is 15.2. The quantitative estimate of drug-likeness (QED) is 0.880. The molecule has 1 aliphatic carbocycles. The first kappa shape index (κ1) is 11.6. The molecule has 0 aromatic heterocycles. The van der Waals surface area contributed by atoms with E-state index in [1.54, 1.807) is 0 Å². The van der Waals surface area contributed by atoms with Crippen LogP contribution in [0.1, 0.15) is 24.8 Å². The Morgan fingerprint density at radius 3 is 3.00 bits per heavy atom. The predicted octanol–water partition coefficient (Wildman–Crippen LogP) is 2.45. The maximum atomic E-state index is 8.86. The van der Waals surface area contributed by atoms with Crippen LogP contribution in [0.25, 0.3) is 0 Å². The van der Waals surface area contributed by atoms with Crippen LogP contribution < -0.4 is 5.32 Å². The molecule has 0 amide bonds. The van der Waals surface area contributed by atoms with E-state index in [1.807, 2.05) is 24.3 Å². The molecule has 1 aliphatic heterocycles. The Balaban J connectivity index is 1.50. The van der Waals surface area contributed by atoms with Gasteiger partial charge < -0.3 is 10.2 Å². The zero-order chi connectivity index (χ0) is 12.4. The smallest absolute Gasteiger partial charge is 0.0992 e. The number of nitrogens with one attached hydrogen (secondary N) is 1. The predicted molar refractivity (Wildman–Crippen MR) is 72.3 cm³/mol. The number of benzene rings is 1. The molecule has 1 unspecified atom stereocenters. The van der Waals surface area contributed by atoms with E-state index in [-0.39, 0.29) is 0 Å². The summed E-state index contributed by atoms with van der Waals surface area (Å²) in [5.74, 6) is 0.761. The van der Waals surface area contributed by atoms with Crippen LogP contribution in [0, 0.1) is 17.2 Å². The van der Waals surface area contributed by atoms with E-state index >= 15 is 0 Å². The molecule has 1 heterocycles. The lowest BCUT2D eigenvalue weighted by Gasteiger charge is -2.15. The Morgan fingerprint density at radius 2 is 2.22 bits per heavy atom. The van der Waals surface area contributed by atoms with Crippen molar-refractivity contribution in [3.05, 3.63) is 29.8 Å². The average Bonchev–Trinajstić information content (AvgIpc) is 3.16. The Bertz CT molecular complexity index is 459. The van der Waals surface area contributed by atoms with Crippen molar-refractivity contribution in [2.24, 2.45) is 5.92 Å². The fourth-order valence-corrected chi connectivity index (χ4v) is 2.76. The summed E-state index contributed by atoms with van der Waals surface area (Å²) < 4.78 is 0. The van der Waals surface area contributed by atoms with Crippen LogP contribution in [-0.2, 0) is 0 Å². The highest BCUT2D eigenvalue weighted by molar-refractivity contribution is 5.49. The molecule has 3 nitrogen and oxygen atoms in total. The van der Waals surface area contributed by atoms with Gasteiger partial charge in [0.25, 0.3) is 0 Å². The zero-order valence-corrected chi connectivity index (χ0v) is 10.6. The van der Waals surface area contributed by atoms with E-state index < -0.39 is 0 Å². The van der Waals surface area contributed by atoms with Crippen LogP contribution in [0.3, 0.4) is 0 Å². The van der Waals surface area contributed by atoms with Crippen molar-refractivity contribution in [2.75, 3.05) is 25.0 Å². The first-order valence-electron chi connectivity index (χ1n) is 6.83. The van der Waals surface area contributed by atoms with E-state index in [1.165, 1.54) is 32.4 Å². The molecule has 1 atom stereocenters. The van der Waals surface area contributed by atoms with Gasteiger partial charge in [0.1, 0.15) is 0 Å². The topological polar surface area (TPSA) is 39.1 Å². The minimum absolute atomic E-state index is 0.728. The van der Waals surface area contributed by atoms with Crippen LogP contribution in [0.2, 0.25) is 0 Å². The molecule has 0 bridgehead atoms. The molecular formula is C15H19N3. The summed E-state index contributed by atoms with van der Waals surface area (Å²) in [5, 5.41) is 12.3. The van der Waals surface area contributed by atoms with Crippen molar-refractivity contribution in [3.8, 4) is 6.07 Å². The monoisotopic (exact) mass is 241 g/mol. The second kappa shape index (κ2) is 4.99. The van der Waals surface area contributed by atoms with Crippen LogP contribution in [0.5, 0.6) is 0 Å². The summed E-state index contributed by atoms with van der Waals surface area (Å²) >= 11 is 0. The van der Waals surface area contributed by atoms with Gasteiger partial charge in [-0.25, -0.2) is 0 Å². The third-order valence-electron chi connectivity index (χ3n) is 3.97. The van der Waals surface area contributed by atoms with Gasteiger partial charge in [-0.15, -0.1) is 0 Å². The van der Waals surface area contributed by atoms with Crippen molar-refractivity contribution in [2.45, 2.75) is 25.3 Å². The van der Waals surface area contributed by atoms with Crippen molar-refractivity contribution in [1.82, 2.24) is 4.90 Å². The maximum absolute atomic E-state index is 8.86. The van der Waals surface area contributed by atoms with Gasteiger partial charge in [0, 0.05) is 24.8 Å². The number of hydrogen-bond donors (Lipinski definition) is 1. The molecule has 3 heteroatoms. The first-order valence-corrected chi connectivity index (χ1v) is 6.83. The third-order valence-corrected chi connectivity index (χ3v) is 3.97. The van der Waals surface area contributed by atoms with E-state index in [9.17, 15) is 0 Å². The van der Waals surface area contributed by atoms with E-state index in [2.05, 4.69) is 16.3 Å². The molecular weight excluding hydrogens is 222 g/mol. The number of likely N-dealkylation sites (tertiary alicyclic amines) is 1. The first-order chi connectivity index (χ1) is 8.85. The molecule has 2 aliphatic rings. The average molecular weight is 241 g/mol. The van der Waals surface area contributed by atoms with Gasteiger partial charge in [0.15, 0.2) is 0 Å². The highest BCUT2D eigenvalue weighted by Gasteiger charge is 2.34. The molecule has 1 N–H and O–H groups in total. The van der Waals surface area contributed by atoms with Gasteiger partial charge in [0.2, 0.25) is 0 Å². The summed E-state index contributed by atoms with van der Waals surface area (Å²) in [4.78, 5) is 2.64. The molecule has 0 radical (unpaired) electrons. The fraction of sp³-hybridized carbons (Fsp3) is 0.533. The van der Waals surface area contributed by atoms with E-state index in [0.29, 0.717) is 0 Å². The van der Waals surface area contributed by atoms with Gasteiger partial charge in [-0.05, 0) is 49.9 Å². The van der Waals surface area contributed by atoms with Crippen LogP contribution in [0.15, 0.2) is 24.3 Å². The van der Waals surface area contributed by atoms with Gasteiger partial charge >= 0.3 is 0 Å². The van der Waals surface area contributed by atoms with Crippen LogP contribution in [0.4, 0.5) is 5.69 Å². The SMILES string of the molecule is N#Cc1cccc(NCC2CCN(C3CC3)C2)c1. The molecule has 94 valence electrons. The Kier molecular flexibility index (Phi) is 3.21. The lowest BCUT2D eigenvalue weighted by atomic mass is 10.1. The number of nitrogens with zero attached hydrogens (tertiary/aromatic N) is 2. The van der Waals surface area contributed by atoms with Gasteiger partial charge in [-0.3, -0.25) is 0 Å². The number of anilines is 1. The largest absolute Gasteiger partial charge is 0.385 e. The minimum atomic E-state index is 0.728.